The van der Waals surface area contributed by atoms with Gasteiger partial charge in [0.05, 0.1) is 23.7 Å². The Morgan fingerprint density at radius 1 is 1.04 bits per heavy atom. The normalized spacial score (nSPS) is 16.2. The Bertz CT molecular complexity index is 897. The van der Waals surface area contributed by atoms with E-state index in [9.17, 15) is 8.42 Å². The molecule has 0 aliphatic carbocycles. The van der Waals surface area contributed by atoms with Crippen LogP contribution in [0.3, 0.4) is 0 Å². The summed E-state index contributed by atoms with van der Waals surface area (Å²) in [5.74, 6) is 0.921. The van der Waals surface area contributed by atoms with E-state index in [0.29, 0.717) is 0 Å². The maximum absolute atomic E-state index is 12.5. The van der Waals surface area contributed by atoms with Crippen molar-refractivity contribution >= 4 is 15.5 Å². The number of anilines is 1. The summed E-state index contributed by atoms with van der Waals surface area (Å²) >= 11 is 0. The van der Waals surface area contributed by atoms with Crippen LogP contribution in [-0.2, 0) is 16.4 Å². The van der Waals surface area contributed by atoms with Gasteiger partial charge in [0, 0.05) is 38.3 Å². The second kappa shape index (κ2) is 8.09. The van der Waals surface area contributed by atoms with Crippen LogP contribution in [0.1, 0.15) is 26.3 Å². The zero-order valence-electron chi connectivity index (χ0n) is 17.1. The molecule has 7 heteroatoms. The quantitative estimate of drug-likeness (QED) is 0.765. The van der Waals surface area contributed by atoms with Crippen molar-refractivity contribution in [3.63, 3.8) is 0 Å². The van der Waals surface area contributed by atoms with E-state index in [0.717, 1.165) is 44.2 Å². The molecule has 2 heterocycles. The van der Waals surface area contributed by atoms with Crippen LogP contribution in [0.5, 0.6) is 5.75 Å². The van der Waals surface area contributed by atoms with Gasteiger partial charge in [-0.25, -0.2) is 13.4 Å². The second-order valence-corrected chi connectivity index (χ2v) is 10.7. The molecule has 2 aromatic rings. The Kier molecular flexibility index (Phi) is 5.95. The van der Waals surface area contributed by atoms with Gasteiger partial charge in [0.1, 0.15) is 5.75 Å². The van der Waals surface area contributed by atoms with Crippen LogP contribution >= 0.6 is 0 Å². The molecule has 1 fully saturated rings. The summed E-state index contributed by atoms with van der Waals surface area (Å²) in [7, 11) is -1.72. The number of hydrogen-bond donors (Lipinski definition) is 0. The van der Waals surface area contributed by atoms with E-state index < -0.39 is 14.6 Å². The Balaban J connectivity index is 1.62. The van der Waals surface area contributed by atoms with Crippen molar-refractivity contribution in [2.45, 2.75) is 37.1 Å². The highest BCUT2D eigenvalue weighted by atomic mass is 32.2. The average molecular weight is 404 g/mol. The summed E-state index contributed by atoms with van der Waals surface area (Å²) in [6, 6.07) is 11.6. The second-order valence-electron chi connectivity index (χ2n) is 8.05. The molecular formula is C21H29N3O3S. The lowest BCUT2D eigenvalue weighted by Crippen LogP contribution is -2.46. The van der Waals surface area contributed by atoms with Gasteiger partial charge < -0.3 is 9.64 Å². The number of para-hydroxylation sites is 1. The molecule has 1 aliphatic heterocycles. The van der Waals surface area contributed by atoms with Crippen molar-refractivity contribution in [1.29, 1.82) is 0 Å². The Labute approximate surface area is 168 Å². The Hall–Kier alpha value is -2.12. The minimum Gasteiger partial charge on any atom is -0.496 e. The largest absolute Gasteiger partial charge is 0.496 e. The third kappa shape index (κ3) is 4.31. The van der Waals surface area contributed by atoms with Crippen molar-refractivity contribution < 1.29 is 13.2 Å². The zero-order valence-corrected chi connectivity index (χ0v) is 17.9. The van der Waals surface area contributed by atoms with Gasteiger partial charge >= 0.3 is 0 Å². The van der Waals surface area contributed by atoms with Gasteiger partial charge in [0.15, 0.2) is 14.9 Å². The lowest BCUT2D eigenvalue weighted by Gasteiger charge is -2.36. The highest BCUT2D eigenvalue weighted by molar-refractivity contribution is 7.92. The number of rotatable bonds is 5. The van der Waals surface area contributed by atoms with Gasteiger partial charge in [-0.3, -0.25) is 4.90 Å². The molecule has 1 aliphatic rings. The number of sulfone groups is 1. The zero-order chi connectivity index (χ0) is 20.4. The molecule has 0 unspecified atom stereocenters. The van der Waals surface area contributed by atoms with Crippen LogP contribution in [0.15, 0.2) is 47.6 Å². The number of ether oxygens (including phenoxy) is 1. The van der Waals surface area contributed by atoms with E-state index in [1.807, 2.05) is 24.3 Å². The van der Waals surface area contributed by atoms with Gasteiger partial charge in [0.2, 0.25) is 0 Å². The molecule has 0 spiro atoms. The summed E-state index contributed by atoms with van der Waals surface area (Å²) in [6.45, 7) is 9.56. The number of methoxy groups -OCH3 is 1. The molecule has 28 heavy (non-hydrogen) atoms. The summed E-state index contributed by atoms with van der Waals surface area (Å²) < 4.78 is 29.6. The van der Waals surface area contributed by atoms with E-state index >= 15 is 0 Å². The van der Waals surface area contributed by atoms with Crippen molar-refractivity contribution in [2.24, 2.45) is 0 Å². The summed E-state index contributed by atoms with van der Waals surface area (Å²) in [6.07, 6.45) is 1.68. The number of aromatic nitrogens is 1. The average Bonchev–Trinajstić information content (AvgIpc) is 2.68. The van der Waals surface area contributed by atoms with Crippen molar-refractivity contribution in [2.75, 3.05) is 38.2 Å². The summed E-state index contributed by atoms with van der Waals surface area (Å²) in [4.78, 5) is 8.89. The summed E-state index contributed by atoms with van der Waals surface area (Å²) in [5, 5.41) is 0.138. The molecule has 3 rings (SSSR count). The first-order valence-electron chi connectivity index (χ1n) is 9.52. The molecule has 0 N–H and O–H groups in total. The van der Waals surface area contributed by atoms with E-state index in [1.165, 1.54) is 5.56 Å². The Morgan fingerprint density at radius 2 is 1.71 bits per heavy atom. The van der Waals surface area contributed by atoms with Gasteiger partial charge in [-0.05, 0) is 39.0 Å². The van der Waals surface area contributed by atoms with Gasteiger partial charge in [-0.15, -0.1) is 0 Å². The van der Waals surface area contributed by atoms with E-state index in [2.05, 4.69) is 20.9 Å². The maximum atomic E-state index is 12.5. The first-order valence-corrected chi connectivity index (χ1v) is 11.0. The van der Waals surface area contributed by atoms with Crippen molar-refractivity contribution in [3.8, 4) is 5.75 Å². The van der Waals surface area contributed by atoms with E-state index in [4.69, 9.17) is 4.74 Å². The molecular weight excluding hydrogens is 374 g/mol. The molecule has 1 aromatic heterocycles. The molecule has 6 nitrogen and oxygen atoms in total. The van der Waals surface area contributed by atoms with Crippen LogP contribution < -0.4 is 9.64 Å². The molecule has 0 bridgehead atoms. The number of piperazine rings is 1. The monoisotopic (exact) mass is 403 g/mol. The molecule has 0 radical (unpaired) electrons. The first-order chi connectivity index (χ1) is 13.2. The smallest absolute Gasteiger partial charge is 0.200 e. The molecule has 0 atom stereocenters. The molecule has 152 valence electrons. The van der Waals surface area contributed by atoms with Gasteiger partial charge in [-0.2, -0.15) is 0 Å². The predicted molar refractivity (Wildman–Crippen MR) is 112 cm³/mol. The predicted octanol–water partition coefficient (Wildman–Crippen LogP) is 2.98. The SMILES string of the molecule is COc1ccccc1CN1CCN(c2ccc(S(=O)(=O)C(C)(C)C)nc2)CC1. The lowest BCUT2D eigenvalue weighted by molar-refractivity contribution is 0.246. The van der Waals surface area contributed by atoms with E-state index in [-0.39, 0.29) is 5.03 Å². The maximum Gasteiger partial charge on any atom is 0.200 e. The first kappa shape index (κ1) is 20.6. The van der Waals surface area contributed by atoms with E-state index in [1.54, 1.807) is 40.1 Å². The third-order valence-electron chi connectivity index (χ3n) is 5.13. The van der Waals surface area contributed by atoms with Crippen LogP contribution in [0.2, 0.25) is 0 Å². The fourth-order valence-corrected chi connectivity index (χ4v) is 4.34. The summed E-state index contributed by atoms with van der Waals surface area (Å²) in [5.41, 5.74) is 2.15. The molecule has 1 saturated heterocycles. The molecule has 0 saturated carbocycles. The topological polar surface area (TPSA) is 62.7 Å². The third-order valence-corrected chi connectivity index (χ3v) is 7.53. The van der Waals surface area contributed by atoms with Crippen molar-refractivity contribution in [1.82, 2.24) is 9.88 Å². The standard InChI is InChI=1S/C21H29N3O3S/c1-21(2,3)28(25,26)20-10-9-18(15-22-20)24-13-11-23(12-14-24)16-17-7-5-6-8-19(17)27-4/h5-10,15H,11-14,16H2,1-4H3. The fraction of sp³-hybridized carbons (Fsp3) is 0.476. The van der Waals surface area contributed by atoms with Crippen LogP contribution in [0, 0.1) is 0 Å². The van der Waals surface area contributed by atoms with Crippen LogP contribution in [0.25, 0.3) is 0 Å². The molecule has 0 amide bonds. The Morgan fingerprint density at radius 3 is 2.29 bits per heavy atom. The number of benzene rings is 1. The fourth-order valence-electron chi connectivity index (χ4n) is 3.27. The van der Waals surface area contributed by atoms with Gasteiger partial charge in [0.25, 0.3) is 0 Å². The minimum absolute atomic E-state index is 0.138. The highest BCUT2D eigenvalue weighted by Gasteiger charge is 2.32. The van der Waals surface area contributed by atoms with Gasteiger partial charge in [-0.1, -0.05) is 18.2 Å². The minimum atomic E-state index is -3.42. The molecule has 1 aromatic carbocycles. The van der Waals surface area contributed by atoms with Crippen LogP contribution in [-0.4, -0.2) is 56.3 Å². The number of hydrogen-bond acceptors (Lipinski definition) is 6. The lowest BCUT2D eigenvalue weighted by atomic mass is 10.1. The number of nitrogens with zero attached hydrogens (tertiary/aromatic N) is 3. The van der Waals surface area contributed by atoms with Crippen LogP contribution in [0.4, 0.5) is 5.69 Å². The van der Waals surface area contributed by atoms with Crippen molar-refractivity contribution in [3.05, 3.63) is 48.2 Å². The highest BCUT2D eigenvalue weighted by Crippen LogP contribution is 2.25. The number of pyridine rings is 1.